The van der Waals surface area contributed by atoms with Gasteiger partial charge in [0.25, 0.3) is 0 Å². The number of aromatic nitrogens is 4. The van der Waals surface area contributed by atoms with Crippen molar-refractivity contribution in [3.05, 3.63) is 53.6 Å². The molecule has 4 rings (SSSR count). The number of rotatable bonds is 4. The van der Waals surface area contributed by atoms with Crippen molar-refractivity contribution < 1.29 is 0 Å². The lowest BCUT2D eigenvalue weighted by Crippen LogP contribution is -2.13. The maximum absolute atomic E-state index is 6.39. The number of hydrogen-bond donors (Lipinski definition) is 1. The van der Waals surface area contributed by atoms with Gasteiger partial charge in [-0.3, -0.25) is 0 Å². The van der Waals surface area contributed by atoms with Gasteiger partial charge in [0, 0.05) is 17.5 Å². The van der Waals surface area contributed by atoms with Crippen LogP contribution in [0.4, 0.5) is 5.95 Å². The van der Waals surface area contributed by atoms with E-state index in [1.54, 1.807) is 0 Å². The summed E-state index contributed by atoms with van der Waals surface area (Å²) >= 11 is 6.39. The molecule has 0 saturated carbocycles. The van der Waals surface area contributed by atoms with Crippen LogP contribution in [0.25, 0.3) is 27.9 Å². The van der Waals surface area contributed by atoms with E-state index in [9.17, 15) is 0 Å². The highest BCUT2D eigenvalue weighted by molar-refractivity contribution is 6.33. The Bertz CT molecular complexity index is 1050. The molecule has 0 atom stereocenters. The van der Waals surface area contributed by atoms with E-state index >= 15 is 0 Å². The molecular weight excluding hydrogens is 334 g/mol. The SMILES string of the molecule is CC(C)CNc1nc2ccccc2c2nnc(-c3ccccc3Cl)n12. The number of para-hydroxylation sites is 1. The quantitative estimate of drug-likeness (QED) is 0.580. The minimum absolute atomic E-state index is 0.489. The molecular formula is C19H18ClN5. The van der Waals surface area contributed by atoms with Gasteiger partial charge in [-0.05, 0) is 30.2 Å². The minimum atomic E-state index is 0.489. The van der Waals surface area contributed by atoms with Crippen molar-refractivity contribution in [3.63, 3.8) is 0 Å². The Kier molecular flexibility index (Phi) is 4.01. The van der Waals surface area contributed by atoms with Crippen LogP contribution in [0.3, 0.4) is 0 Å². The summed E-state index contributed by atoms with van der Waals surface area (Å²) in [5, 5.41) is 13.9. The molecule has 0 aliphatic rings. The molecule has 4 aromatic rings. The Morgan fingerprint density at radius 3 is 2.60 bits per heavy atom. The first-order valence-corrected chi connectivity index (χ1v) is 8.65. The fraction of sp³-hybridized carbons (Fsp3) is 0.211. The summed E-state index contributed by atoms with van der Waals surface area (Å²) in [6, 6.07) is 15.6. The molecule has 5 nitrogen and oxygen atoms in total. The highest BCUT2D eigenvalue weighted by Crippen LogP contribution is 2.30. The van der Waals surface area contributed by atoms with Gasteiger partial charge >= 0.3 is 0 Å². The third kappa shape index (κ3) is 2.81. The normalized spacial score (nSPS) is 11.5. The molecule has 0 bridgehead atoms. The van der Waals surface area contributed by atoms with Crippen LogP contribution >= 0.6 is 11.6 Å². The van der Waals surface area contributed by atoms with Crippen LogP contribution in [0.2, 0.25) is 5.02 Å². The number of anilines is 1. The molecule has 2 aromatic carbocycles. The number of nitrogens with one attached hydrogen (secondary N) is 1. The van der Waals surface area contributed by atoms with Gasteiger partial charge in [-0.1, -0.05) is 49.7 Å². The zero-order chi connectivity index (χ0) is 17.4. The lowest BCUT2D eigenvalue weighted by atomic mass is 10.2. The van der Waals surface area contributed by atoms with Crippen molar-refractivity contribution in [2.75, 3.05) is 11.9 Å². The molecule has 0 aliphatic carbocycles. The Morgan fingerprint density at radius 2 is 1.80 bits per heavy atom. The first kappa shape index (κ1) is 15.8. The molecule has 25 heavy (non-hydrogen) atoms. The Labute approximate surface area is 150 Å². The van der Waals surface area contributed by atoms with Crippen molar-refractivity contribution >= 4 is 34.1 Å². The molecule has 2 aromatic heterocycles. The lowest BCUT2D eigenvalue weighted by Gasteiger charge is -2.13. The van der Waals surface area contributed by atoms with Crippen LogP contribution in [0.15, 0.2) is 48.5 Å². The Balaban J connectivity index is 2.02. The highest BCUT2D eigenvalue weighted by Gasteiger charge is 2.17. The van der Waals surface area contributed by atoms with E-state index in [1.807, 2.05) is 52.9 Å². The van der Waals surface area contributed by atoms with Crippen LogP contribution in [0, 0.1) is 5.92 Å². The maximum atomic E-state index is 6.39. The lowest BCUT2D eigenvalue weighted by molar-refractivity contribution is 0.684. The fourth-order valence-corrected chi connectivity index (χ4v) is 3.03. The van der Waals surface area contributed by atoms with E-state index < -0.39 is 0 Å². The molecule has 126 valence electrons. The van der Waals surface area contributed by atoms with Crippen LogP contribution in [0.5, 0.6) is 0 Å². The maximum Gasteiger partial charge on any atom is 0.211 e. The second-order valence-electron chi connectivity index (χ2n) is 6.39. The topological polar surface area (TPSA) is 55.1 Å². The summed E-state index contributed by atoms with van der Waals surface area (Å²) in [4.78, 5) is 4.79. The Hall–Kier alpha value is -2.66. The summed E-state index contributed by atoms with van der Waals surface area (Å²) in [7, 11) is 0. The number of hydrogen-bond acceptors (Lipinski definition) is 4. The molecule has 0 radical (unpaired) electrons. The van der Waals surface area contributed by atoms with Crippen LogP contribution in [-0.4, -0.2) is 26.1 Å². The van der Waals surface area contributed by atoms with E-state index in [0.29, 0.717) is 16.8 Å². The van der Waals surface area contributed by atoms with Crippen molar-refractivity contribution in [2.24, 2.45) is 5.92 Å². The van der Waals surface area contributed by atoms with E-state index in [0.717, 1.165) is 34.6 Å². The third-order valence-corrected chi connectivity index (χ3v) is 4.36. The van der Waals surface area contributed by atoms with Crippen molar-refractivity contribution in [1.29, 1.82) is 0 Å². The summed E-state index contributed by atoms with van der Waals surface area (Å²) in [5.74, 6) is 1.90. The first-order valence-electron chi connectivity index (χ1n) is 8.28. The van der Waals surface area contributed by atoms with Crippen molar-refractivity contribution in [3.8, 4) is 11.4 Å². The van der Waals surface area contributed by atoms with Gasteiger partial charge in [-0.25, -0.2) is 9.38 Å². The number of fused-ring (bicyclic) bond motifs is 3. The predicted octanol–water partition coefficient (Wildman–Crippen LogP) is 4.67. The molecule has 0 aliphatic heterocycles. The zero-order valence-electron chi connectivity index (χ0n) is 14.1. The van der Waals surface area contributed by atoms with Gasteiger partial charge in [0.15, 0.2) is 11.5 Å². The van der Waals surface area contributed by atoms with E-state index in [1.165, 1.54) is 0 Å². The number of benzene rings is 2. The summed E-state index contributed by atoms with van der Waals surface area (Å²) in [5.41, 5.74) is 2.49. The standard InChI is InChI=1S/C19H18ClN5/c1-12(2)11-21-19-22-16-10-6-4-8-14(16)18-24-23-17(25(18)19)13-7-3-5-9-15(13)20/h3-10,12H,11H2,1-2H3,(H,21,22). The monoisotopic (exact) mass is 351 g/mol. The second-order valence-corrected chi connectivity index (χ2v) is 6.80. The second kappa shape index (κ2) is 6.33. The Morgan fingerprint density at radius 1 is 1.04 bits per heavy atom. The molecule has 0 spiro atoms. The van der Waals surface area contributed by atoms with Crippen LogP contribution in [0.1, 0.15) is 13.8 Å². The third-order valence-electron chi connectivity index (χ3n) is 4.03. The van der Waals surface area contributed by atoms with Crippen LogP contribution in [-0.2, 0) is 0 Å². The molecule has 0 unspecified atom stereocenters. The molecule has 0 fully saturated rings. The molecule has 1 N–H and O–H groups in total. The van der Waals surface area contributed by atoms with Crippen molar-refractivity contribution in [2.45, 2.75) is 13.8 Å². The van der Waals surface area contributed by atoms with Crippen LogP contribution < -0.4 is 5.32 Å². The van der Waals surface area contributed by atoms with Crippen molar-refractivity contribution in [1.82, 2.24) is 19.6 Å². The summed E-state index contributed by atoms with van der Waals surface area (Å²) in [6.45, 7) is 5.12. The predicted molar refractivity (Wildman–Crippen MR) is 102 cm³/mol. The van der Waals surface area contributed by atoms with E-state index in [4.69, 9.17) is 16.6 Å². The number of halogens is 1. The zero-order valence-corrected chi connectivity index (χ0v) is 14.8. The average Bonchev–Trinajstić information content (AvgIpc) is 3.05. The fourth-order valence-electron chi connectivity index (χ4n) is 2.81. The van der Waals surface area contributed by atoms with Gasteiger partial charge in [-0.15, -0.1) is 10.2 Å². The van der Waals surface area contributed by atoms with Gasteiger partial charge in [0.05, 0.1) is 10.5 Å². The molecule has 2 heterocycles. The van der Waals surface area contributed by atoms with E-state index in [-0.39, 0.29) is 0 Å². The molecule has 0 amide bonds. The first-order chi connectivity index (χ1) is 12.1. The smallest absolute Gasteiger partial charge is 0.211 e. The number of nitrogens with zero attached hydrogens (tertiary/aromatic N) is 4. The largest absolute Gasteiger partial charge is 0.355 e. The van der Waals surface area contributed by atoms with Gasteiger partial charge in [0.1, 0.15) is 0 Å². The highest BCUT2D eigenvalue weighted by atomic mass is 35.5. The van der Waals surface area contributed by atoms with Gasteiger partial charge < -0.3 is 5.32 Å². The van der Waals surface area contributed by atoms with Gasteiger partial charge in [-0.2, -0.15) is 0 Å². The summed E-state index contributed by atoms with van der Waals surface area (Å²) < 4.78 is 1.95. The van der Waals surface area contributed by atoms with E-state index in [2.05, 4.69) is 29.4 Å². The van der Waals surface area contributed by atoms with Gasteiger partial charge in [0.2, 0.25) is 5.95 Å². The molecule has 0 saturated heterocycles. The summed E-state index contributed by atoms with van der Waals surface area (Å²) in [6.07, 6.45) is 0. The molecule has 6 heteroatoms. The minimum Gasteiger partial charge on any atom is -0.355 e. The average molecular weight is 352 g/mol.